The number of hydrogen-bond donors (Lipinski definition) is 0. The van der Waals surface area contributed by atoms with E-state index in [-0.39, 0.29) is 5.78 Å². The van der Waals surface area contributed by atoms with E-state index in [9.17, 15) is 4.79 Å². The molecule has 4 rings (SSSR count). The summed E-state index contributed by atoms with van der Waals surface area (Å²) >= 11 is 6.09. The normalized spacial score (nSPS) is 15.9. The number of fused-ring (bicyclic) bond motifs is 1. The first kappa shape index (κ1) is 19.2. The predicted molar refractivity (Wildman–Crippen MR) is 114 cm³/mol. The monoisotopic (exact) mass is 395 g/mol. The maximum absolute atomic E-state index is 12.8. The molecule has 0 amide bonds. The molecule has 0 saturated carbocycles. The van der Waals surface area contributed by atoms with Gasteiger partial charge in [-0.1, -0.05) is 41.9 Å². The molecule has 5 heteroatoms. The Morgan fingerprint density at radius 2 is 1.93 bits per heavy atom. The summed E-state index contributed by atoms with van der Waals surface area (Å²) < 4.78 is 1.80. The Hall–Kier alpha value is -2.17. The van der Waals surface area contributed by atoms with Gasteiger partial charge in [0.05, 0.1) is 5.52 Å². The van der Waals surface area contributed by atoms with Crippen molar-refractivity contribution in [2.75, 3.05) is 13.1 Å². The number of carbonyl (C=O) groups is 1. The number of benzene rings is 2. The van der Waals surface area contributed by atoms with Crippen molar-refractivity contribution in [2.45, 2.75) is 32.2 Å². The minimum atomic E-state index is 0.165. The van der Waals surface area contributed by atoms with Crippen molar-refractivity contribution >= 4 is 28.3 Å². The average molecular weight is 396 g/mol. The Balaban J connectivity index is 1.29. The van der Waals surface area contributed by atoms with Crippen molar-refractivity contribution in [3.05, 3.63) is 64.8 Å². The first-order chi connectivity index (χ1) is 13.6. The van der Waals surface area contributed by atoms with Crippen LogP contribution in [0.3, 0.4) is 0 Å². The van der Waals surface area contributed by atoms with Gasteiger partial charge in [0.15, 0.2) is 5.78 Å². The predicted octanol–water partition coefficient (Wildman–Crippen LogP) is 5.10. The van der Waals surface area contributed by atoms with Gasteiger partial charge in [0, 0.05) is 30.4 Å². The number of carbonyl (C=O) groups excluding carboxylic acids is 1. The fourth-order valence-electron chi connectivity index (χ4n) is 4.20. The van der Waals surface area contributed by atoms with Crippen molar-refractivity contribution in [1.29, 1.82) is 0 Å². The molecule has 2 aromatic carbocycles. The van der Waals surface area contributed by atoms with Gasteiger partial charge in [0.25, 0.3) is 0 Å². The first-order valence-electron chi connectivity index (χ1n) is 10.0. The Morgan fingerprint density at radius 1 is 1.14 bits per heavy atom. The van der Waals surface area contributed by atoms with Gasteiger partial charge in [-0.25, -0.2) is 0 Å². The fourth-order valence-corrected chi connectivity index (χ4v) is 4.41. The fraction of sp³-hybridized carbons (Fsp3) is 0.391. The van der Waals surface area contributed by atoms with Gasteiger partial charge in [-0.15, -0.1) is 0 Å². The maximum atomic E-state index is 12.8. The summed E-state index contributed by atoms with van der Waals surface area (Å²) in [6.45, 7) is 3.11. The summed E-state index contributed by atoms with van der Waals surface area (Å²) in [5.74, 6) is 0.785. The Morgan fingerprint density at radius 3 is 2.71 bits per heavy atom. The van der Waals surface area contributed by atoms with E-state index in [1.54, 1.807) is 4.68 Å². The highest BCUT2D eigenvalue weighted by molar-refractivity contribution is 6.30. The second-order valence-electron chi connectivity index (χ2n) is 7.80. The molecule has 0 atom stereocenters. The zero-order chi connectivity index (χ0) is 19.5. The molecule has 1 aromatic heterocycles. The van der Waals surface area contributed by atoms with Crippen LogP contribution < -0.4 is 0 Å². The van der Waals surface area contributed by atoms with E-state index in [4.69, 9.17) is 11.6 Å². The van der Waals surface area contributed by atoms with Gasteiger partial charge in [0.2, 0.25) is 0 Å². The molecule has 1 aliphatic rings. The number of piperidine rings is 1. The molecule has 0 spiro atoms. The van der Waals surface area contributed by atoms with Gasteiger partial charge in [-0.05, 0) is 62.0 Å². The lowest BCUT2D eigenvalue weighted by Gasteiger charge is -2.32. The molecule has 1 saturated heterocycles. The summed E-state index contributed by atoms with van der Waals surface area (Å²) in [7, 11) is 1.90. The maximum Gasteiger partial charge on any atom is 0.183 e. The summed E-state index contributed by atoms with van der Waals surface area (Å²) in [6.07, 6.45) is 3.84. The number of aryl methyl sites for hydroxylation is 1. The van der Waals surface area contributed by atoms with Crippen LogP contribution in [-0.4, -0.2) is 33.6 Å². The van der Waals surface area contributed by atoms with E-state index in [0.29, 0.717) is 18.0 Å². The molecule has 0 unspecified atom stereocenters. The molecule has 0 bridgehead atoms. The minimum absolute atomic E-state index is 0.165. The van der Waals surface area contributed by atoms with E-state index in [1.165, 1.54) is 5.56 Å². The number of Topliss-reactive ketones (excluding diaryl/α,β-unsaturated/α-hetero) is 1. The van der Waals surface area contributed by atoms with Crippen LogP contribution in [0.5, 0.6) is 0 Å². The summed E-state index contributed by atoms with van der Waals surface area (Å²) in [5, 5.41) is 6.23. The second kappa shape index (κ2) is 8.46. The number of halogens is 1. The van der Waals surface area contributed by atoms with Crippen molar-refractivity contribution in [1.82, 2.24) is 14.7 Å². The van der Waals surface area contributed by atoms with Crippen LogP contribution in [0.1, 0.15) is 41.7 Å². The average Bonchev–Trinajstić information content (AvgIpc) is 3.04. The number of hydrogen-bond acceptors (Lipinski definition) is 3. The third-order valence-electron chi connectivity index (χ3n) is 5.80. The highest BCUT2D eigenvalue weighted by Gasteiger charge is 2.22. The SMILES string of the molecule is Cn1nc(C(=O)CCC2CCN(Cc3cccc(Cl)c3)CC2)c2ccccc21. The van der Waals surface area contributed by atoms with Crippen LogP contribution in [0.25, 0.3) is 10.9 Å². The van der Waals surface area contributed by atoms with Gasteiger partial charge in [-0.3, -0.25) is 14.4 Å². The third-order valence-corrected chi connectivity index (χ3v) is 6.04. The van der Waals surface area contributed by atoms with Crippen molar-refractivity contribution in [3.63, 3.8) is 0 Å². The van der Waals surface area contributed by atoms with Crippen molar-refractivity contribution in [2.24, 2.45) is 13.0 Å². The highest BCUT2D eigenvalue weighted by atomic mass is 35.5. The number of likely N-dealkylation sites (tertiary alicyclic amines) is 1. The summed E-state index contributed by atoms with van der Waals surface area (Å²) in [4.78, 5) is 15.2. The molecule has 3 aromatic rings. The van der Waals surface area contributed by atoms with Gasteiger partial charge in [0.1, 0.15) is 5.69 Å². The highest BCUT2D eigenvalue weighted by Crippen LogP contribution is 2.26. The zero-order valence-corrected chi connectivity index (χ0v) is 17.0. The lowest BCUT2D eigenvalue weighted by molar-refractivity contribution is 0.0957. The standard InChI is InChI=1S/C23H26ClN3O/c1-26-21-8-3-2-7-20(21)23(25-26)22(28)10-9-17-11-13-27(14-12-17)16-18-5-4-6-19(24)15-18/h2-8,15,17H,9-14,16H2,1H3. The zero-order valence-electron chi connectivity index (χ0n) is 16.3. The Bertz CT molecular complexity index is 973. The van der Waals surface area contributed by atoms with E-state index in [0.717, 1.165) is 54.8 Å². The van der Waals surface area contributed by atoms with Gasteiger partial charge >= 0.3 is 0 Å². The smallest absolute Gasteiger partial charge is 0.183 e. The largest absolute Gasteiger partial charge is 0.299 e. The Kier molecular flexibility index (Phi) is 5.79. The molecule has 28 heavy (non-hydrogen) atoms. The number of ketones is 1. The minimum Gasteiger partial charge on any atom is -0.299 e. The molecule has 4 nitrogen and oxygen atoms in total. The molecule has 0 radical (unpaired) electrons. The van der Waals surface area contributed by atoms with Crippen LogP contribution in [-0.2, 0) is 13.6 Å². The number of para-hydroxylation sites is 1. The van der Waals surface area contributed by atoms with Crippen LogP contribution in [0.4, 0.5) is 0 Å². The molecule has 1 fully saturated rings. The van der Waals surface area contributed by atoms with Gasteiger partial charge in [-0.2, -0.15) is 5.10 Å². The number of aromatic nitrogens is 2. The lowest BCUT2D eigenvalue weighted by Crippen LogP contribution is -2.33. The molecule has 0 N–H and O–H groups in total. The summed E-state index contributed by atoms with van der Waals surface area (Å²) in [5.41, 5.74) is 2.90. The van der Waals surface area contributed by atoms with E-state index < -0.39 is 0 Å². The van der Waals surface area contributed by atoms with Crippen molar-refractivity contribution in [3.8, 4) is 0 Å². The molecule has 0 aliphatic carbocycles. The Labute approximate surface area is 171 Å². The van der Waals surface area contributed by atoms with Crippen LogP contribution >= 0.6 is 11.6 Å². The topological polar surface area (TPSA) is 38.1 Å². The molecule has 146 valence electrons. The number of rotatable bonds is 6. The van der Waals surface area contributed by atoms with Crippen LogP contribution in [0.15, 0.2) is 48.5 Å². The van der Waals surface area contributed by atoms with Crippen LogP contribution in [0.2, 0.25) is 5.02 Å². The van der Waals surface area contributed by atoms with E-state index >= 15 is 0 Å². The summed E-state index contributed by atoms with van der Waals surface area (Å²) in [6, 6.07) is 16.1. The quantitative estimate of drug-likeness (QED) is 0.545. The molecule has 2 heterocycles. The molecular weight excluding hydrogens is 370 g/mol. The lowest BCUT2D eigenvalue weighted by atomic mass is 9.90. The first-order valence-corrected chi connectivity index (χ1v) is 10.4. The van der Waals surface area contributed by atoms with Crippen LogP contribution in [0, 0.1) is 5.92 Å². The van der Waals surface area contributed by atoms with E-state index in [2.05, 4.69) is 16.1 Å². The van der Waals surface area contributed by atoms with Gasteiger partial charge < -0.3 is 0 Å². The van der Waals surface area contributed by atoms with E-state index in [1.807, 2.05) is 49.5 Å². The van der Waals surface area contributed by atoms with Crippen molar-refractivity contribution < 1.29 is 4.79 Å². The molecule has 1 aliphatic heterocycles. The molecular formula is C23H26ClN3O. The second-order valence-corrected chi connectivity index (χ2v) is 8.24. The number of nitrogens with zero attached hydrogens (tertiary/aromatic N) is 3. The third kappa shape index (κ3) is 4.29.